The molecule has 1 atom stereocenters. The minimum Gasteiger partial charge on any atom is -0.394 e. The van der Waals surface area contributed by atoms with Crippen molar-refractivity contribution in [3.8, 4) is 0 Å². The van der Waals surface area contributed by atoms with Gasteiger partial charge in [0.05, 0.1) is 19.3 Å². The lowest BCUT2D eigenvalue weighted by Gasteiger charge is -2.18. The summed E-state index contributed by atoms with van der Waals surface area (Å²) < 4.78 is 5.48. The Bertz CT molecular complexity index is 445. The van der Waals surface area contributed by atoms with Crippen LogP contribution < -0.4 is 10.6 Å². The van der Waals surface area contributed by atoms with Crippen LogP contribution in [0.5, 0.6) is 0 Å². The molecular formula is C14H20N2O4. The summed E-state index contributed by atoms with van der Waals surface area (Å²) in [5, 5.41) is 13.6. The molecule has 2 amide bonds. The van der Waals surface area contributed by atoms with Gasteiger partial charge in [-0.1, -0.05) is 29.8 Å². The average molecular weight is 280 g/mol. The van der Waals surface area contributed by atoms with Crippen molar-refractivity contribution in [2.24, 2.45) is 0 Å². The first-order chi connectivity index (χ1) is 9.58. The summed E-state index contributed by atoms with van der Waals surface area (Å²) in [7, 11) is 1.39. The summed E-state index contributed by atoms with van der Waals surface area (Å²) in [5.74, 6) is -1.41. The number of hydrogen-bond donors (Lipinski definition) is 3. The zero-order chi connectivity index (χ0) is 15.0. The summed E-state index contributed by atoms with van der Waals surface area (Å²) in [6.07, 6.45) is -0.406. The fraction of sp³-hybridized carbons (Fsp3) is 0.429. The fourth-order valence-electron chi connectivity index (χ4n) is 1.63. The van der Waals surface area contributed by atoms with Crippen LogP contribution in [0.1, 0.15) is 17.2 Å². The second-order valence-electron chi connectivity index (χ2n) is 4.28. The van der Waals surface area contributed by atoms with Crippen LogP contribution in [-0.2, 0) is 14.3 Å². The Labute approximate surface area is 118 Å². The number of carbonyl (C=O) groups is 2. The highest BCUT2D eigenvalue weighted by molar-refractivity contribution is 6.35. The third kappa shape index (κ3) is 4.99. The molecule has 1 unspecified atom stereocenters. The molecule has 0 aliphatic rings. The monoisotopic (exact) mass is 280 g/mol. The van der Waals surface area contributed by atoms with E-state index in [0.29, 0.717) is 0 Å². The maximum atomic E-state index is 11.4. The Morgan fingerprint density at radius 2 is 1.90 bits per heavy atom. The van der Waals surface area contributed by atoms with E-state index in [-0.39, 0.29) is 19.8 Å². The van der Waals surface area contributed by atoms with Crippen molar-refractivity contribution in [2.45, 2.75) is 13.0 Å². The van der Waals surface area contributed by atoms with Crippen LogP contribution in [0.15, 0.2) is 24.3 Å². The number of ether oxygens (including phenoxy) is 1. The van der Waals surface area contributed by atoms with Crippen molar-refractivity contribution >= 4 is 11.8 Å². The first-order valence-electron chi connectivity index (χ1n) is 6.37. The third-order valence-corrected chi connectivity index (χ3v) is 2.74. The number of benzene rings is 1. The number of aryl methyl sites for hydroxylation is 1. The molecule has 0 saturated heterocycles. The van der Waals surface area contributed by atoms with Gasteiger partial charge in [-0.05, 0) is 12.5 Å². The highest BCUT2D eigenvalue weighted by Gasteiger charge is 2.16. The Hall–Kier alpha value is -1.92. The van der Waals surface area contributed by atoms with Crippen LogP contribution in [-0.4, -0.2) is 43.7 Å². The number of amides is 2. The fourth-order valence-corrected chi connectivity index (χ4v) is 1.63. The van der Waals surface area contributed by atoms with E-state index in [2.05, 4.69) is 10.6 Å². The highest BCUT2D eigenvalue weighted by Crippen LogP contribution is 2.17. The zero-order valence-electron chi connectivity index (χ0n) is 11.7. The van der Waals surface area contributed by atoms with Gasteiger partial charge in [0.15, 0.2) is 0 Å². The van der Waals surface area contributed by atoms with Crippen LogP contribution in [0.25, 0.3) is 0 Å². The van der Waals surface area contributed by atoms with Crippen molar-refractivity contribution in [1.82, 2.24) is 10.6 Å². The largest absolute Gasteiger partial charge is 0.394 e. The van der Waals surface area contributed by atoms with Crippen LogP contribution in [0.4, 0.5) is 0 Å². The Morgan fingerprint density at radius 1 is 1.25 bits per heavy atom. The predicted molar refractivity (Wildman–Crippen MR) is 74.0 cm³/mol. The van der Waals surface area contributed by atoms with Gasteiger partial charge in [-0.25, -0.2) is 0 Å². The molecule has 0 aromatic heterocycles. The highest BCUT2D eigenvalue weighted by atomic mass is 16.5. The van der Waals surface area contributed by atoms with Gasteiger partial charge in [-0.15, -0.1) is 0 Å². The second-order valence-corrected chi connectivity index (χ2v) is 4.28. The molecule has 0 heterocycles. The van der Waals surface area contributed by atoms with Crippen molar-refractivity contribution in [3.63, 3.8) is 0 Å². The zero-order valence-corrected chi connectivity index (χ0v) is 11.7. The molecule has 1 aromatic carbocycles. The van der Waals surface area contributed by atoms with E-state index in [1.165, 1.54) is 7.05 Å². The average Bonchev–Trinajstić information content (AvgIpc) is 2.47. The van der Waals surface area contributed by atoms with E-state index in [1.54, 1.807) is 0 Å². The van der Waals surface area contributed by atoms with Crippen LogP contribution >= 0.6 is 0 Å². The molecule has 1 aromatic rings. The maximum absolute atomic E-state index is 11.4. The summed E-state index contributed by atoms with van der Waals surface area (Å²) in [6, 6.07) is 7.66. The van der Waals surface area contributed by atoms with Gasteiger partial charge < -0.3 is 20.5 Å². The van der Waals surface area contributed by atoms with Gasteiger partial charge in [0.1, 0.15) is 0 Å². The standard InChI is InChI=1S/C14H20N2O4/c1-10-3-5-11(6-4-10)12(20-8-7-17)9-16-14(19)13(18)15-2/h3-6,12,17H,7-9H2,1-2H3,(H,15,18)(H,16,19). The van der Waals surface area contributed by atoms with Crippen molar-refractivity contribution in [2.75, 3.05) is 26.8 Å². The quantitative estimate of drug-likeness (QED) is 0.635. The van der Waals surface area contributed by atoms with E-state index < -0.39 is 17.9 Å². The molecule has 0 aliphatic heterocycles. The first-order valence-corrected chi connectivity index (χ1v) is 6.37. The summed E-state index contributed by atoms with van der Waals surface area (Å²) in [6.45, 7) is 2.19. The van der Waals surface area contributed by atoms with Gasteiger partial charge in [0.2, 0.25) is 0 Å². The molecule has 110 valence electrons. The van der Waals surface area contributed by atoms with Crippen molar-refractivity contribution in [3.05, 3.63) is 35.4 Å². The lowest BCUT2D eigenvalue weighted by Crippen LogP contribution is -2.40. The topological polar surface area (TPSA) is 87.7 Å². The first kappa shape index (κ1) is 16.1. The van der Waals surface area contributed by atoms with Gasteiger partial charge in [0, 0.05) is 13.6 Å². The van der Waals surface area contributed by atoms with Gasteiger partial charge >= 0.3 is 11.8 Å². The number of hydrogen-bond acceptors (Lipinski definition) is 4. The van der Waals surface area contributed by atoms with E-state index in [1.807, 2.05) is 31.2 Å². The second kappa shape index (κ2) is 8.29. The van der Waals surface area contributed by atoms with Gasteiger partial charge in [-0.2, -0.15) is 0 Å². The number of nitrogens with one attached hydrogen (secondary N) is 2. The van der Waals surface area contributed by atoms with Crippen molar-refractivity contribution < 1.29 is 19.4 Å². The lowest BCUT2D eigenvalue weighted by atomic mass is 10.1. The van der Waals surface area contributed by atoms with Crippen LogP contribution in [0, 0.1) is 6.92 Å². The molecule has 0 saturated carbocycles. The molecule has 3 N–H and O–H groups in total. The van der Waals surface area contributed by atoms with Crippen molar-refractivity contribution in [1.29, 1.82) is 0 Å². The molecule has 20 heavy (non-hydrogen) atoms. The molecule has 6 nitrogen and oxygen atoms in total. The molecule has 0 fully saturated rings. The Morgan fingerprint density at radius 3 is 2.45 bits per heavy atom. The predicted octanol–water partition coefficient (Wildman–Crippen LogP) is -0.0928. The summed E-state index contributed by atoms with van der Waals surface area (Å²) in [5.41, 5.74) is 1.99. The smallest absolute Gasteiger partial charge is 0.309 e. The summed E-state index contributed by atoms with van der Waals surface area (Å²) in [4.78, 5) is 22.5. The van der Waals surface area contributed by atoms with E-state index >= 15 is 0 Å². The van der Waals surface area contributed by atoms with E-state index in [0.717, 1.165) is 11.1 Å². The van der Waals surface area contributed by atoms with E-state index in [4.69, 9.17) is 9.84 Å². The normalized spacial score (nSPS) is 11.8. The molecule has 0 radical (unpaired) electrons. The van der Waals surface area contributed by atoms with Crippen LogP contribution in [0.2, 0.25) is 0 Å². The van der Waals surface area contributed by atoms with Gasteiger partial charge in [0.25, 0.3) is 0 Å². The number of rotatable bonds is 6. The number of likely N-dealkylation sites (N-methyl/N-ethyl adjacent to an activating group) is 1. The molecule has 6 heteroatoms. The molecule has 0 aliphatic carbocycles. The van der Waals surface area contributed by atoms with E-state index in [9.17, 15) is 9.59 Å². The molecule has 0 bridgehead atoms. The summed E-state index contributed by atoms with van der Waals surface area (Å²) >= 11 is 0. The number of carbonyl (C=O) groups excluding carboxylic acids is 2. The lowest BCUT2D eigenvalue weighted by molar-refractivity contribution is -0.139. The Kier molecular flexibility index (Phi) is 6.69. The van der Waals surface area contributed by atoms with Gasteiger partial charge in [-0.3, -0.25) is 9.59 Å². The maximum Gasteiger partial charge on any atom is 0.309 e. The molecular weight excluding hydrogens is 260 g/mol. The minimum atomic E-state index is -0.711. The molecule has 0 spiro atoms. The SMILES string of the molecule is CNC(=O)C(=O)NCC(OCCO)c1ccc(C)cc1. The third-order valence-electron chi connectivity index (χ3n) is 2.74. The van der Waals surface area contributed by atoms with Crippen LogP contribution in [0.3, 0.4) is 0 Å². The molecule has 1 rings (SSSR count). The minimum absolute atomic E-state index is 0.105. The number of aliphatic hydroxyl groups is 1. The Balaban J connectivity index is 2.67. The number of aliphatic hydroxyl groups excluding tert-OH is 1.